The van der Waals surface area contributed by atoms with Gasteiger partial charge in [-0.3, -0.25) is 0 Å². The minimum Gasteiger partial charge on any atom is -0.330 e. The van der Waals surface area contributed by atoms with Gasteiger partial charge in [-0.05, 0) is 49.3 Å². The molecule has 17 heavy (non-hydrogen) atoms. The average molecular weight is 272 g/mol. The number of halogens is 1. The number of thiophene rings is 1. The van der Waals surface area contributed by atoms with Gasteiger partial charge in [0.1, 0.15) is 0 Å². The number of nitrogens with two attached hydrogens (primary N) is 1. The highest BCUT2D eigenvalue weighted by Crippen LogP contribution is 2.44. The second-order valence-corrected chi connectivity index (χ2v) is 6.96. The van der Waals surface area contributed by atoms with Gasteiger partial charge in [-0.15, -0.1) is 11.3 Å². The Morgan fingerprint density at radius 3 is 2.82 bits per heavy atom. The second kappa shape index (κ2) is 6.21. The predicted molar refractivity (Wildman–Crippen MR) is 76.9 cm³/mol. The molecule has 2 N–H and O–H groups in total. The normalized spacial score (nSPS) is 29.5. The molecule has 96 valence electrons. The van der Waals surface area contributed by atoms with Crippen LogP contribution in [0.1, 0.15) is 49.8 Å². The summed E-state index contributed by atoms with van der Waals surface area (Å²) in [6, 6.07) is 4.23. The maximum Gasteiger partial charge on any atom is 0.0931 e. The van der Waals surface area contributed by atoms with Gasteiger partial charge < -0.3 is 5.73 Å². The molecule has 0 aromatic carbocycles. The summed E-state index contributed by atoms with van der Waals surface area (Å²) in [5.74, 6) is 2.22. The summed E-state index contributed by atoms with van der Waals surface area (Å²) in [4.78, 5) is 1.45. The van der Waals surface area contributed by atoms with Gasteiger partial charge in [0, 0.05) is 4.88 Å². The summed E-state index contributed by atoms with van der Waals surface area (Å²) in [7, 11) is 0. The maximum atomic E-state index is 6.06. The van der Waals surface area contributed by atoms with Crippen molar-refractivity contribution < 1.29 is 0 Å². The van der Waals surface area contributed by atoms with Crippen molar-refractivity contribution in [3.05, 3.63) is 21.3 Å². The van der Waals surface area contributed by atoms with E-state index in [0.29, 0.717) is 11.8 Å². The molecule has 0 bridgehead atoms. The van der Waals surface area contributed by atoms with Gasteiger partial charge in [0.05, 0.1) is 4.34 Å². The summed E-state index contributed by atoms with van der Waals surface area (Å²) < 4.78 is 0.911. The van der Waals surface area contributed by atoms with Crippen LogP contribution in [0.2, 0.25) is 4.34 Å². The quantitative estimate of drug-likeness (QED) is 0.847. The molecule has 1 saturated carbocycles. The Labute approximate surface area is 113 Å². The molecule has 3 heteroatoms. The zero-order valence-electron chi connectivity index (χ0n) is 10.5. The summed E-state index contributed by atoms with van der Waals surface area (Å²) in [6.45, 7) is 3.10. The van der Waals surface area contributed by atoms with Gasteiger partial charge in [-0.25, -0.2) is 0 Å². The molecule has 0 spiro atoms. The lowest BCUT2D eigenvalue weighted by molar-refractivity contribution is 0.232. The predicted octanol–water partition coefficient (Wildman–Crippen LogP) is 4.66. The van der Waals surface area contributed by atoms with Crippen molar-refractivity contribution in [2.24, 2.45) is 17.6 Å². The van der Waals surface area contributed by atoms with E-state index in [4.69, 9.17) is 17.3 Å². The number of rotatable bonds is 4. The van der Waals surface area contributed by atoms with E-state index < -0.39 is 0 Å². The van der Waals surface area contributed by atoms with E-state index in [1.807, 2.05) is 6.07 Å². The van der Waals surface area contributed by atoms with Crippen LogP contribution in [-0.4, -0.2) is 6.54 Å². The van der Waals surface area contributed by atoms with Gasteiger partial charge in [-0.2, -0.15) is 0 Å². The van der Waals surface area contributed by atoms with Crippen LogP contribution >= 0.6 is 22.9 Å². The molecule has 3 atom stereocenters. The van der Waals surface area contributed by atoms with Crippen LogP contribution < -0.4 is 5.73 Å². The van der Waals surface area contributed by atoms with Crippen molar-refractivity contribution in [2.45, 2.75) is 44.9 Å². The molecule has 1 aromatic rings. The third-order valence-electron chi connectivity index (χ3n) is 4.06. The lowest BCUT2D eigenvalue weighted by Gasteiger charge is -2.35. The third kappa shape index (κ3) is 3.24. The fourth-order valence-corrected chi connectivity index (χ4v) is 4.42. The molecule has 0 amide bonds. The molecule has 0 aliphatic heterocycles. The first-order chi connectivity index (χ1) is 8.24. The molecule has 0 radical (unpaired) electrons. The minimum absolute atomic E-state index is 0.655. The molecular weight excluding hydrogens is 250 g/mol. The Balaban J connectivity index is 2.09. The van der Waals surface area contributed by atoms with Crippen molar-refractivity contribution in [1.82, 2.24) is 0 Å². The standard InChI is InChI=1S/C14H22ClNS/c1-2-3-10-4-5-11(9-16)12(8-10)13-6-7-14(15)17-13/h6-7,10-12H,2-5,8-9,16H2,1H3. The topological polar surface area (TPSA) is 26.0 Å². The van der Waals surface area contributed by atoms with Gasteiger partial charge >= 0.3 is 0 Å². The van der Waals surface area contributed by atoms with Crippen molar-refractivity contribution >= 4 is 22.9 Å². The summed E-state index contributed by atoms with van der Waals surface area (Å²) in [6.07, 6.45) is 6.64. The molecule has 1 aliphatic rings. The van der Waals surface area contributed by atoms with Gasteiger partial charge in [0.15, 0.2) is 0 Å². The van der Waals surface area contributed by atoms with E-state index >= 15 is 0 Å². The van der Waals surface area contributed by atoms with Crippen molar-refractivity contribution in [1.29, 1.82) is 0 Å². The minimum atomic E-state index is 0.655. The second-order valence-electron chi connectivity index (χ2n) is 5.21. The lowest BCUT2D eigenvalue weighted by atomic mass is 9.72. The zero-order chi connectivity index (χ0) is 12.3. The molecule has 1 nitrogen and oxygen atoms in total. The fraction of sp³-hybridized carbons (Fsp3) is 0.714. The van der Waals surface area contributed by atoms with E-state index in [-0.39, 0.29) is 0 Å². The number of hydrogen-bond acceptors (Lipinski definition) is 2. The SMILES string of the molecule is CCCC1CCC(CN)C(c2ccc(Cl)s2)C1. The third-order valence-corrected chi connectivity index (χ3v) is 5.42. The van der Waals surface area contributed by atoms with Crippen LogP contribution in [0.5, 0.6) is 0 Å². The van der Waals surface area contributed by atoms with Crippen molar-refractivity contribution in [2.75, 3.05) is 6.54 Å². The molecular formula is C14H22ClNS. The van der Waals surface area contributed by atoms with Gasteiger partial charge in [0.25, 0.3) is 0 Å². The molecule has 1 aromatic heterocycles. The highest BCUT2D eigenvalue weighted by molar-refractivity contribution is 7.16. The molecule has 3 unspecified atom stereocenters. The van der Waals surface area contributed by atoms with E-state index in [1.54, 1.807) is 11.3 Å². The highest BCUT2D eigenvalue weighted by atomic mass is 35.5. The maximum absolute atomic E-state index is 6.06. The van der Waals surface area contributed by atoms with Crippen LogP contribution in [0.3, 0.4) is 0 Å². The Morgan fingerprint density at radius 1 is 1.41 bits per heavy atom. The van der Waals surface area contributed by atoms with Crippen LogP contribution in [0.25, 0.3) is 0 Å². The van der Waals surface area contributed by atoms with E-state index in [0.717, 1.165) is 16.8 Å². The molecule has 1 aliphatic carbocycles. The first-order valence-electron chi connectivity index (χ1n) is 6.69. The molecule has 1 fully saturated rings. The van der Waals surface area contributed by atoms with E-state index in [1.165, 1.54) is 37.0 Å². The Kier molecular flexibility index (Phi) is 4.89. The zero-order valence-corrected chi connectivity index (χ0v) is 12.1. The van der Waals surface area contributed by atoms with Crippen LogP contribution in [0.4, 0.5) is 0 Å². The first-order valence-corrected chi connectivity index (χ1v) is 7.89. The molecule has 2 rings (SSSR count). The summed E-state index contributed by atoms with van der Waals surface area (Å²) >= 11 is 7.80. The smallest absolute Gasteiger partial charge is 0.0931 e. The van der Waals surface area contributed by atoms with Crippen LogP contribution in [0.15, 0.2) is 12.1 Å². The van der Waals surface area contributed by atoms with Crippen molar-refractivity contribution in [3.63, 3.8) is 0 Å². The first kappa shape index (κ1) is 13.4. The average Bonchev–Trinajstić information content (AvgIpc) is 2.76. The highest BCUT2D eigenvalue weighted by Gasteiger charge is 2.31. The van der Waals surface area contributed by atoms with Crippen LogP contribution in [0, 0.1) is 11.8 Å². The monoisotopic (exact) mass is 271 g/mol. The fourth-order valence-electron chi connectivity index (χ4n) is 3.15. The molecule has 1 heterocycles. The van der Waals surface area contributed by atoms with Crippen LogP contribution in [-0.2, 0) is 0 Å². The summed E-state index contributed by atoms with van der Waals surface area (Å²) in [5, 5.41) is 0. The largest absolute Gasteiger partial charge is 0.330 e. The van der Waals surface area contributed by atoms with E-state index in [2.05, 4.69) is 13.0 Å². The Bertz CT molecular complexity index is 350. The summed E-state index contributed by atoms with van der Waals surface area (Å²) in [5.41, 5.74) is 5.93. The lowest BCUT2D eigenvalue weighted by Crippen LogP contribution is -2.28. The van der Waals surface area contributed by atoms with Gasteiger partial charge in [0.2, 0.25) is 0 Å². The van der Waals surface area contributed by atoms with E-state index in [9.17, 15) is 0 Å². The van der Waals surface area contributed by atoms with Crippen molar-refractivity contribution in [3.8, 4) is 0 Å². The molecule has 0 saturated heterocycles. The Hall–Kier alpha value is -0.0500. The van der Waals surface area contributed by atoms with Gasteiger partial charge in [-0.1, -0.05) is 37.8 Å². The Morgan fingerprint density at radius 2 is 2.24 bits per heavy atom. The number of hydrogen-bond donors (Lipinski definition) is 1.